The van der Waals surface area contributed by atoms with Crippen molar-refractivity contribution < 1.29 is 9.72 Å². The maximum atomic E-state index is 12.0. The first-order valence-corrected chi connectivity index (χ1v) is 8.32. The zero-order valence-corrected chi connectivity index (χ0v) is 13.6. The van der Waals surface area contributed by atoms with E-state index in [4.69, 9.17) is 0 Å². The summed E-state index contributed by atoms with van der Waals surface area (Å²) in [6.07, 6.45) is 2.01. The van der Waals surface area contributed by atoms with E-state index in [0.717, 1.165) is 12.8 Å². The molecule has 0 spiro atoms. The number of fused-ring (bicyclic) bond motifs is 1. The highest BCUT2D eigenvalue weighted by Gasteiger charge is 2.11. The van der Waals surface area contributed by atoms with Crippen molar-refractivity contribution in [2.75, 3.05) is 5.32 Å². The minimum Gasteiger partial charge on any atom is -0.302 e. The molecule has 24 heavy (non-hydrogen) atoms. The van der Waals surface area contributed by atoms with Crippen LogP contribution in [0.5, 0.6) is 0 Å². The molecule has 0 bridgehead atoms. The first-order valence-electron chi connectivity index (χ1n) is 7.50. The number of nitrogens with zero attached hydrogens (tertiary/aromatic N) is 2. The van der Waals surface area contributed by atoms with Gasteiger partial charge >= 0.3 is 0 Å². The molecular formula is C17H15N3O3S. The molecule has 0 saturated carbocycles. The Bertz CT molecular complexity index is 877. The summed E-state index contributed by atoms with van der Waals surface area (Å²) in [6.45, 7) is 0. The zero-order chi connectivity index (χ0) is 16.9. The summed E-state index contributed by atoms with van der Waals surface area (Å²) < 4.78 is 0.684. The Kier molecular flexibility index (Phi) is 4.81. The topological polar surface area (TPSA) is 85.1 Å². The number of aromatic nitrogens is 1. The Labute approximate surface area is 142 Å². The molecule has 0 unspecified atom stereocenters. The van der Waals surface area contributed by atoms with Crippen LogP contribution in [0.15, 0.2) is 48.5 Å². The van der Waals surface area contributed by atoms with Crippen LogP contribution in [0.1, 0.15) is 18.4 Å². The number of benzene rings is 2. The van der Waals surface area contributed by atoms with Gasteiger partial charge in [-0.3, -0.25) is 14.9 Å². The molecule has 0 atom stereocenters. The smallest absolute Gasteiger partial charge is 0.270 e. The number of thiazole rings is 1. The van der Waals surface area contributed by atoms with E-state index in [1.807, 2.05) is 30.3 Å². The van der Waals surface area contributed by atoms with Crippen molar-refractivity contribution in [1.29, 1.82) is 0 Å². The van der Waals surface area contributed by atoms with Gasteiger partial charge in [-0.05, 0) is 24.5 Å². The van der Waals surface area contributed by atoms with Crippen LogP contribution in [0.25, 0.3) is 10.2 Å². The van der Waals surface area contributed by atoms with Crippen LogP contribution in [0.2, 0.25) is 0 Å². The number of rotatable bonds is 6. The lowest BCUT2D eigenvalue weighted by Crippen LogP contribution is -2.11. The molecule has 122 valence electrons. The lowest BCUT2D eigenvalue weighted by molar-refractivity contribution is -0.384. The molecule has 0 aliphatic rings. The second-order valence-electron chi connectivity index (χ2n) is 5.32. The second kappa shape index (κ2) is 7.18. The molecule has 1 heterocycles. The molecule has 2 aromatic carbocycles. The number of amides is 1. The monoisotopic (exact) mass is 341 g/mol. The first kappa shape index (κ1) is 16.1. The van der Waals surface area contributed by atoms with Crippen molar-refractivity contribution in [2.24, 2.45) is 0 Å². The standard InChI is InChI=1S/C17H15N3O3S/c21-16(8-4-7-12-5-2-1-3-6-12)19-17-18-14-10-9-13(20(22)23)11-15(14)24-17/h1-3,5-6,9-11H,4,7-8H2,(H,18,19,21). The van der Waals surface area contributed by atoms with Crippen molar-refractivity contribution in [3.63, 3.8) is 0 Å². The average molecular weight is 341 g/mol. The fourth-order valence-corrected chi connectivity index (χ4v) is 3.27. The number of non-ortho nitro benzene ring substituents is 1. The summed E-state index contributed by atoms with van der Waals surface area (Å²) in [5.74, 6) is -0.0977. The number of hydrogen-bond acceptors (Lipinski definition) is 5. The van der Waals surface area contributed by atoms with Gasteiger partial charge < -0.3 is 5.32 Å². The molecule has 0 saturated heterocycles. The third-order valence-electron chi connectivity index (χ3n) is 3.54. The van der Waals surface area contributed by atoms with Gasteiger partial charge in [0.2, 0.25) is 5.91 Å². The van der Waals surface area contributed by atoms with Crippen LogP contribution in [-0.2, 0) is 11.2 Å². The summed E-state index contributed by atoms with van der Waals surface area (Å²) in [6, 6.07) is 14.5. The van der Waals surface area contributed by atoms with Crippen molar-refractivity contribution >= 4 is 38.3 Å². The van der Waals surface area contributed by atoms with Crippen LogP contribution in [0.4, 0.5) is 10.8 Å². The number of nitrogens with one attached hydrogen (secondary N) is 1. The van der Waals surface area contributed by atoms with E-state index in [1.165, 1.54) is 29.0 Å². The van der Waals surface area contributed by atoms with E-state index in [-0.39, 0.29) is 11.6 Å². The fraction of sp³-hybridized carbons (Fsp3) is 0.176. The molecule has 0 radical (unpaired) electrons. The van der Waals surface area contributed by atoms with Crippen molar-refractivity contribution in [1.82, 2.24) is 4.98 Å². The van der Waals surface area contributed by atoms with E-state index < -0.39 is 4.92 Å². The Morgan fingerprint density at radius 2 is 2.00 bits per heavy atom. The van der Waals surface area contributed by atoms with Gasteiger partial charge in [-0.25, -0.2) is 4.98 Å². The van der Waals surface area contributed by atoms with E-state index >= 15 is 0 Å². The van der Waals surface area contributed by atoms with E-state index in [1.54, 1.807) is 6.07 Å². The van der Waals surface area contributed by atoms with Gasteiger partial charge in [0.25, 0.3) is 5.69 Å². The first-order chi connectivity index (χ1) is 11.6. The zero-order valence-electron chi connectivity index (χ0n) is 12.8. The minimum atomic E-state index is -0.443. The maximum Gasteiger partial charge on any atom is 0.270 e. The SMILES string of the molecule is O=C(CCCc1ccccc1)Nc1nc2ccc([N+](=O)[O-])cc2s1. The van der Waals surface area contributed by atoms with E-state index in [9.17, 15) is 14.9 Å². The number of carbonyl (C=O) groups excluding carboxylic acids is 1. The second-order valence-corrected chi connectivity index (χ2v) is 6.35. The average Bonchev–Trinajstić information content (AvgIpc) is 2.96. The summed E-state index contributed by atoms with van der Waals surface area (Å²) in [5, 5.41) is 14.0. The largest absolute Gasteiger partial charge is 0.302 e. The normalized spacial score (nSPS) is 10.7. The molecule has 1 aromatic heterocycles. The third-order valence-corrected chi connectivity index (χ3v) is 4.47. The predicted octanol–water partition coefficient (Wildman–Crippen LogP) is 4.17. The van der Waals surface area contributed by atoms with Crippen LogP contribution in [-0.4, -0.2) is 15.8 Å². The highest BCUT2D eigenvalue weighted by atomic mass is 32.1. The lowest BCUT2D eigenvalue weighted by Gasteiger charge is -2.02. The number of aryl methyl sites for hydroxylation is 1. The molecule has 1 N–H and O–H groups in total. The predicted molar refractivity (Wildman–Crippen MR) is 94.3 cm³/mol. The molecule has 3 aromatic rings. The Morgan fingerprint density at radius 1 is 1.21 bits per heavy atom. The maximum absolute atomic E-state index is 12.0. The summed E-state index contributed by atoms with van der Waals surface area (Å²) in [7, 11) is 0. The Hall–Kier alpha value is -2.80. The van der Waals surface area contributed by atoms with Gasteiger partial charge in [0.15, 0.2) is 5.13 Å². The number of nitro benzene ring substituents is 1. The fourth-order valence-electron chi connectivity index (χ4n) is 2.36. The molecule has 0 fully saturated rings. The van der Waals surface area contributed by atoms with Crippen LogP contribution < -0.4 is 5.32 Å². The molecule has 1 amide bonds. The van der Waals surface area contributed by atoms with Crippen LogP contribution in [0, 0.1) is 10.1 Å². The Morgan fingerprint density at radius 3 is 2.75 bits per heavy atom. The molecule has 0 aliphatic carbocycles. The highest BCUT2D eigenvalue weighted by molar-refractivity contribution is 7.22. The highest BCUT2D eigenvalue weighted by Crippen LogP contribution is 2.29. The Balaban J connectivity index is 1.58. The van der Waals surface area contributed by atoms with Crippen molar-refractivity contribution in [3.8, 4) is 0 Å². The van der Waals surface area contributed by atoms with Crippen LogP contribution in [0.3, 0.4) is 0 Å². The molecular weight excluding hydrogens is 326 g/mol. The van der Waals surface area contributed by atoms with Gasteiger partial charge in [-0.1, -0.05) is 41.7 Å². The van der Waals surface area contributed by atoms with Gasteiger partial charge in [-0.2, -0.15) is 0 Å². The summed E-state index contributed by atoms with van der Waals surface area (Å²) in [4.78, 5) is 26.6. The van der Waals surface area contributed by atoms with Crippen molar-refractivity contribution in [3.05, 3.63) is 64.2 Å². The van der Waals surface area contributed by atoms with Gasteiger partial charge in [-0.15, -0.1) is 0 Å². The number of hydrogen-bond donors (Lipinski definition) is 1. The number of anilines is 1. The van der Waals surface area contributed by atoms with Crippen molar-refractivity contribution in [2.45, 2.75) is 19.3 Å². The summed E-state index contributed by atoms with van der Waals surface area (Å²) in [5.41, 5.74) is 1.87. The van der Waals surface area contributed by atoms with Gasteiger partial charge in [0, 0.05) is 18.6 Å². The quantitative estimate of drug-likeness (QED) is 0.539. The molecule has 3 rings (SSSR count). The molecule has 7 heteroatoms. The number of nitro groups is 1. The van der Waals surface area contributed by atoms with Gasteiger partial charge in [0.05, 0.1) is 15.1 Å². The van der Waals surface area contributed by atoms with Crippen LogP contribution >= 0.6 is 11.3 Å². The van der Waals surface area contributed by atoms with Gasteiger partial charge in [0.1, 0.15) is 0 Å². The lowest BCUT2D eigenvalue weighted by atomic mass is 10.1. The van der Waals surface area contributed by atoms with E-state index in [0.29, 0.717) is 21.8 Å². The number of carbonyl (C=O) groups is 1. The third kappa shape index (κ3) is 3.94. The molecule has 6 nitrogen and oxygen atoms in total. The van der Waals surface area contributed by atoms with E-state index in [2.05, 4.69) is 10.3 Å². The minimum absolute atomic E-state index is 0.0203. The molecule has 0 aliphatic heterocycles. The summed E-state index contributed by atoms with van der Waals surface area (Å²) >= 11 is 1.24.